The molecule has 0 saturated heterocycles. The molecule has 0 fully saturated rings. The molecule has 4 aromatic rings. The van der Waals surface area contributed by atoms with Crippen LogP contribution in [0.15, 0.2) is 76.5 Å². The van der Waals surface area contributed by atoms with E-state index >= 15 is 0 Å². The van der Waals surface area contributed by atoms with Crippen molar-refractivity contribution in [1.82, 2.24) is 19.4 Å². The largest absolute Gasteiger partial charge is 0.416 e. The van der Waals surface area contributed by atoms with Gasteiger partial charge in [-0.1, -0.05) is 74.0 Å². The molecule has 1 heterocycles. The molecule has 48 heavy (non-hydrogen) atoms. The summed E-state index contributed by atoms with van der Waals surface area (Å²) in [6.07, 6.45) is -4.24. The molecule has 0 aliphatic heterocycles. The second-order valence-corrected chi connectivity index (χ2v) is 11.5. The van der Waals surface area contributed by atoms with Gasteiger partial charge < -0.3 is 14.4 Å². The molecule has 1 amide bonds. The number of aromatic nitrogens is 2. The number of fused-ring (bicyclic) bond motifs is 1. The number of alkyl halides is 3. The van der Waals surface area contributed by atoms with Crippen LogP contribution in [0.5, 0.6) is 0 Å². The van der Waals surface area contributed by atoms with Gasteiger partial charge in [0.1, 0.15) is 12.4 Å². The summed E-state index contributed by atoms with van der Waals surface area (Å²) < 4.78 is 186. The van der Waals surface area contributed by atoms with E-state index in [0.29, 0.717) is 17.7 Å². The highest BCUT2D eigenvalue weighted by molar-refractivity contribution is 7.98. The summed E-state index contributed by atoms with van der Waals surface area (Å²) in [5, 5.41) is -0.0650. The van der Waals surface area contributed by atoms with Gasteiger partial charge in [-0.2, -0.15) is 18.2 Å². The van der Waals surface area contributed by atoms with E-state index in [9.17, 15) is 29.9 Å². The monoisotopic (exact) mass is 695 g/mol. The van der Waals surface area contributed by atoms with E-state index < -0.39 is 133 Å². The van der Waals surface area contributed by atoms with Crippen LogP contribution in [0, 0.1) is 12.7 Å². The Balaban J connectivity index is 1.73. The summed E-state index contributed by atoms with van der Waals surface area (Å²) in [6, 6.07) is -2.66. The first-order valence-electron chi connectivity index (χ1n) is 22.1. The Kier molecular flexibility index (Phi) is 6.63. The quantitative estimate of drug-likeness (QED) is 0.0823. The molecule has 254 valence electrons. The van der Waals surface area contributed by atoms with Crippen molar-refractivity contribution in [2.75, 3.05) is 26.0 Å². The van der Waals surface area contributed by atoms with Crippen LogP contribution in [0.4, 0.5) is 17.6 Å². The zero-order chi connectivity index (χ0) is 47.7. The van der Waals surface area contributed by atoms with E-state index in [1.165, 1.54) is 28.8 Å². The summed E-state index contributed by atoms with van der Waals surface area (Å²) in [4.78, 5) is 32.1. The molecule has 5 rings (SSSR count). The normalized spacial score (nSPS) is 18.5. The number of rotatable bonds is 13. The van der Waals surface area contributed by atoms with Crippen LogP contribution in [-0.4, -0.2) is 51.2 Å². The summed E-state index contributed by atoms with van der Waals surface area (Å²) in [7, 11) is 0. The molecule has 1 aliphatic rings. The molecular formula is C37H40F4N4O2S. The molecule has 6 nitrogen and oxygen atoms in total. The summed E-state index contributed by atoms with van der Waals surface area (Å²) in [5.41, 5.74) is -4.49. The molecule has 0 saturated carbocycles. The maximum absolute atomic E-state index is 14.8. The standard InChI is InChI=1S/C37H40F4N4O2S/c1-4-43(5-2)19-20-44(22-26-9-13-28(14-10-26)29-15-18-32(25(3)21-29)37(39,40)41)34(46)23-45-33-8-6-7-31(33)35(47)42-36(45)48-24-27-11-16-30(38)17-12-27/h9-18,21H,4-8,19-20,22-24H2,1-3H3/i4D2,5D2,9D,10D,13D,14D,15D,18D,19D2,20D2,21D. The van der Waals surface area contributed by atoms with Gasteiger partial charge >= 0.3 is 6.18 Å². The molecule has 1 aromatic heterocycles. The van der Waals surface area contributed by atoms with Gasteiger partial charge in [0, 0.05) is 44.8 Å². The third-order valence-electron chi connectivity index (χ3n) is 7.35. The smallest absolute Gasteiger partial charge is 0.336 e. The van der Waals surface area contributed by atoms with Crippen LogP contribution in [0.3, 0.4) is 0 Å². The van der Waals surface area contributed by atoms with E-state index in [1.807, 2.05) is 0 Å². The van der Waals surface area contributed by atoms with Gasteiger partial charge in [0.05, 0.1) is 17.9 Å². The zero-order valence-electron chi connectivity index (χ0n) is 41.1. The molecule has 0 atom stereocenters. The topological polar surface area (TPSA) is 58.4 Å². The number of thioether (sulfide) groups is 1. The van der Waals surface area contributed by atoms with Gasteiger partial charge in [0.15, 0.2) is 5.16 Å². The van der Waals surface area contributed by atoms with E-state index in [-0.39, 0.29) is 39.1 Å². The highest BCUT2D eigenvalue weighted by Crippen LogP contribution is 2.34. The van der Waals surface area contributed by atoms with Crippen molar-refractivity contribution in [3.05, 3.63) is 116 Å². The van der Waals surface area contributed by atoms with Crippen molar-refractivity contribution < 1.29 is 42.9 Å². The number of likely N-dealkylation sites (N-methyl/N-ethyl adjacent to an activating group) is 1. The van der Waals surface area contributed by atoms with Crippen molar-refractivity contribution in [3.8, 4) is 11.1 Å². The summed E-state index contributed by atoms with van der Waals surface area (Å²) >= 11 is 0.951. The lowest BCUT2D eigenvalue weighted by molar-refractivity contribution is -0.138. The predicted octanol–water partition coefficient (Wildman–Crippen LogP) is 7.53. The minimum atomic E-state index is -5.18. The molecular weight excluding hydrogens is 640 g/mol. The minimum Gasteiger partial charge on any atom is -0.336 e. The first-order chi connectivity index (χ1) is 28.8. The lowest BCUT2D eigenvalue weighted by Gasteiger charge is -2.28. The fourth-order valence-electron chi connectivity index (χ4n) is 4.94. The van der Waals surface area contributed by atoms with Crippen LogP contribution < -0.4 is 5.56 Å². The van der Waals surface area contributed by atoms with Crippen molar-refractivity contribution in [2.45, 2.75) is 70.2 Å². The van der Waals surface area contributed by atoms with Crippen molar-refractivity contribution in [3.63, 3.8) is 0 Å². The average molecular weight is 696 g/mol. The van der Waals surface area contributed by atoms with Crippen LogP contribution >= 0.6 is 11.8 Å². The first-order valence-corrected chi connectivity index (χ1v) is 15.6. The number of hydrogen-bond acceptors (Lipinski definition) is 5. The summed E-state index contributed by atoms with van der Waals surface area (Å²) in [5.74, 6) is -1.79. The Morgan fingerprint density at radius 1 is 1.00 bits per heavy atom. The number of benzene rings is 3. The molecule has 1 aliphatic carbocycles. The van der Waals surface area contributed by atoms with Gasteiger partial charge in [0.25, 0.3) is 5.56 Å². The third kappa shape index (κ3) is 8.54. The van der Waals surface area contributed by atoms with Crippen LogP contribution in [0.2, 0.25) is 0 Å². The van der Waals surface area contributed by atoms with Crippen molar-refractivity contribution >= 4 is 17.7 Å². The Labute approximate surface area is 303 Å². The molecule has 3 aromatic carbocycles. The average Bonchev–Trinajstić information content (AvgIpc) is 3.65. The Morgan fingerprint density at radius 2 is 1.69 bits per heavy atom. The highest BCUT2D eigenvalue weighted by Gasteiger charge is 2.32. The number of nitrogens with zero attached hydrogens (tertiary/aromatic N) is 4. The number of carbonyl (C=O) groups excluding carboxylic acids is 1. The van der Waals surface area contributed by atoms with E-state index in [4.69, 9.17) is 17.8 Å². The van der Waals surface area contributed by atoms with Crippen molar-refractivity contribution in [2.24, 2.45) is 0 Å². The second-order valence-electron chi connectivity index (χ2n) is 10.6. The molecule has 11 heteroatoms. The van der Waals surface area contributed by atoms with Gasteiger partial charge in [-0.25, -0.2) is 4.39 Å². The van der Waals surface area contributed by atoms with Gasteiger partial charge in [-0.05, 0) is 85.2 Å². The SMILES string of the molecule is [2H]c1c([2H])c(-c2c([2H])c([2H])c(C(F)(F)F)c(C)c2[2H])c([2H])c([2H])c1CN(C(=O)Cn1c(SCc2ccc(F)cc2)nc(=O)c2c1CCC2)C([2H])([2H])C([2H])([2H])N(C([2H])([2H])C)C([2H])([2H])C. The van der Waals surface area contributed by atoms with E-state index in [2.05, 4.69) is 4.98 Å². The van der Waals surface area contributed by atoms with Crippen LogP contribution in [0.1, 0.15) is 74.3 Å². The Morgan fingerprint density at radius 3 is 2.35 bits per heavy atom. The molecule has 0 radical (unpaired) electrons. The summed E-state index contributed by atoms with van der Waals surface area (Å²) in [6.45, 7) is -13.5. The Bertz CT molecular complexity index is 2460. The maximum atomic E-state index is 14.8. The fraction of sp³-hybridized carbons (Fsp3) is 0.378. The van der Waals surface area contributed by atoms with E-state index in [0.717, 1.165) is 32.5 Å². The number of hydrogen-bond donors (Lipinski definition) is 0. The van der Waals surface area contributed by atoms with Crippen LogP contribution in [0.25, 0.3) is 11.1 Å². The second kappa shape index (κ2) is 15.5. The predicted molar refractivity (Wildman–Crippen MR) is 181 cm³/mol. The number of halogens is 4. The number of carbonyl (C=O) groups is 1. The first kappa shape index (κ1) is 20.5. The molecule has 0 spiro atoms. The molecule has 0 N–H and O–H groups in total. The fourth-order valence-corrected chi connectivity index (χ4v) is 5.91. The third-order valence-corrected chi connectivity index (χ3v) is 8.39. The Hall–Kier alpha value is -3.96. The van der Waals surface area contributed by atoms with Gasteiger partial charge in [-0.3, -0.25) is 9.59 Å². The molecule has 0 bridgehead atoms. The molecule has 0 unspecified atom stereocenters. The maximum Gasteiger partial charge on any atom is 0.416 e. The minimum absolute atomic E-state index is 0.0650. The van der Waals surface area contributed by atoms with Gasteiger partial charge in [-0.15, -0.1) is 0 Å². The number of amides is 1. The lowest BCUT2D eigenvalue weighted by atomic mass is 9.98. The van der Waals surface area contributed by atoms with Crippen molar-refractivity contribution in [1.29, 1.82) is 0 Å². The van der Waals surface area contributed by atoms with Crippen LogP contribution in [-0.2, 0) is 42.7 Å². The van der Waals surface area contributed by atoms with E-state index in [1.54, 1.807) is 0 Å². The van der Waals surface area contributed by atoms with Gasteiger partial charge in [0.2, 0.25) is 5.91 Å². The lowest BCUT2D eigenvalue weighted by Crippen LogP contribution is -2.40. The zero-order valence-corrected chi connectivity index (χ0v) is 26.9. The highest BCUT2D eigenvalue weighted by atomic mass is 32.2.